The van der Waals surface area contributed by atoms with Gasteiger partial charge in [-0.25, -0.2) is 9.37 Å². The number of rotatable bonds is 3. The van der Waals surface area contributed by atoms with Gasteiger partial charge in [-0.05, 0) is 6.92 Å². The van der Waals surface area contributed by atoms with E-state index in [4.69, 9.17) is 0 Å². The smallest absolute Gasteiger partial charge is 0.205 e. The van der Waals surface area contributed by atoms with Gasteiger partial charge in [-0.2, -0.15) is 4.37 Å². The van der Waals surface area contributed by atoms with Crippen molar-refractivity contribution in [1.29, 1.82) is 0 Å². The molecule has 0 aliphatic heterocycles. The number of halogens is 1. The minimum atomic E-state index is -0.352. The van der Waals surface area contributed by atoms with Gasteiger partial charge in [-0.1, -0.05) is 0 Å². The zero-order chi connectivity index (χ0) is 8.27. The van der Waals surface area contributed by atoms with Crippen molar-refractivity contribution in [1.82, 2.24) is 9.36 Å². The highest BCUT2D eigenvalue weighted by Gasteiger charge is 2.04. The standard InChI is InChI=1S/C6H10FN3S/c1-5-8-6(11-9-5)10(2)4-3-7/h3-4H2,1-2H3. The van der Waals surface area contributed by atoms with E-state index in [1.807, 2.05) is 6.92 Å². The van der Waals surface area contributed by atoms with Crippen LogP contribution in [0.2, 0.25) is 0 Å². The molecule has 1 aromatic rings. The van der Waals surface area contributed by atoms with Gasteiger partial charge in [0.25, 0.3) is 0 Å². The third kappa shape index (κ3) is 2.11. The molecule has 0 saturated heterocycles. The molecule has 0 fully saturated rings. The molecule has 1 aromatic heterocycles. The minimum Gasteiger partial charge on any atom is -0.347 e. The summed E-state index contributed by atoms with van der Waals surface area (Å²) in [6.07, 6.45) is 0. The third-order valence-electron chi connectivity index (χ3n) is 1.26. The van der Waals surface area contributed by atoms with Crippen LogP contribution in [0.4, 0.5) is 9.52 Å². The molecule has 0 atom stereocenters. The van der Waals surface area contributed by atoms with Gasteiger partial charge in [0.1, 0.15) is 12.5 Å². The van der Waals surface area contributed by atoms with Gasteiger partial charge < -0.3 is 4.90 Å². The monoisotopic (exact) mass is 175 g/mol. The molecule has 0 bridgehead atoms. The van der Waals surface area contributed by atoms with E-state index in [0.29, 0.717) is 6.54 Å². The first-order valence-electron chi connectivity index (χ1n) is 3.31. The van der Waals surface area contributed by atoms with Crippen molar-refractivity contribution in [3.63, 3.8) is 0 Å². The van der Waals surface area contributed by atoms with E-state index in [1.54, 1.807) is 11.9 Å². The molecule has 0 aromatic carbocycles. The summed E-state index contributed by atoms with van der Waals surface area (Å²) in [4.78, 5) is 5.85. The van der Waals surface area contributed by atoms with Gasteiger partial charge in [0.05, 0.1) is 0 Å². The Kier molecular flexibility index (Phi) is 2.76. The number of aryl methyl sites for hydroxylation is 1. The molecule has 0 aliphatic carbocycles. The normalized spacial score (nSPS) is 10.1. The van der Waals surface area contributed by atoms with Crippen LogP contribution < -0.4 is 4.90 Å². The maximum atomic E-state index is 11.9. The molecule has 0 N–H and O–H groups in total. The number of alkyl halides is 1. The zero-order valence-electron chi connectivity index (χ0n) is 6.54. The Hall–Kier alpha value is -0.710. The Morgan fingerprint density at radius 2 is 2.36 bits per heavy atom. The summed E-state index contributed by atoms with van der Waals surface area (Å²) < 4.78 is 15.8. The highest BCUT2D eigenvalue weighted by molar-refractivity contribution is 7.09. The number of anilines is 1. The number of nitrogens with zero attached hydrogens (tertiary/aromatic N) is 3. The summed E-state index contributed by atoms with van der Waals surface area (Å²) >= 11 is 1.30. The van der Waals surface area contributed by atoms with Gasteiger partial charge in [-0.3, -0.25) is 0 Å². The topological polar surface area (TPSA) is 29.0 Å². The molecular formula is C6H10FN3S. The van der Waals surface area contributed by atoms with Crippen LogP contribution in [-0.2, 0) is 0 Å². The molecule has 0 radical (unpaired) electrons. The molecule has 0 saturated carbocycles. The van der Waals surface area contributed by atoms with Crippen LogP contribution in [0.25, 0.3) is 0 Å². The number of hydrogen-bond acceptors (Lipinski definition) is 4. The molecule has 62 valence electrons. The molecular weight excluding hydrogens is 165 g/mol. The Morgan fingerprint density at radius 3 is 2.82 bits per heavy atom. The first kappa shape index (κ1) is 8.39. The molecule has 11 heavy (non-hydrogen) atoms. The quantitative estimate of drug-likeness (QED) is 0.692. The van der Waals surface area contributed by atoms with Gasteiger partial charge in [0.15, 0.2) is 0 Å². The predicted molar refractivity (Wildman–Crippen MR) is 43.9 cm³/mol. The lowest BCUT2D eigenvalue weighted by Crippen LogP contribution is -2.19. The molecule has 0 spiro atoms. The summed E-state index contributed by atoms with van der Waals surface area (Å²) in [7, 11) is 1.81. The Labute approximate surface area is 69.0 Å². The molecule has 1 rings (SSSR count). The first-order chi connectivity index (χ1) is 5.24. The summed E-state index contributed by atoms with van der Waals surface area (Å²) in [5.41, 5.74) is 0. The predicted octanol–water partition coefficient (Wildman–Crippen LogP) is 1.25. The van der Waals surface area contributed by atoms with Crippen LogP contribution in [0.3, 0.4) is 0 Å². The lowest BCUT2D eigenvalue weighted by molar-refractivity contribution is 0.497. The molecule has 0 unspecified atom stereocenters. The first-order valence-corrected chi connectivity index (χ1v) is 4.09. The molecule has 5 heteroatoms. The van der Waals surface area contributed by atoms with E-state index < -0.39 is 0 Å². The fourth-order valence-corrected chi connectivity index (χ4v) is 1.32. The van der Waals surface area contributed by atoms with E-state index in [1.165, 1.54) is 11.5 Å². The molecule has 0 aliphatic rings. The lowest BCUT2D eigenvalue weighted by Gasteiger charge is -2.11. The fourth-order valence-electron chi connectivity index (χ4n) is 0.664. The number of hydrogen-bond donors (Lipinski definition) is 0. The van der Waals surface area contributed by atoms with Gasteiger partial charge >= 0.3 is 0 Å². The fraction of sp³-hybridized carbons (Fsp3) is 0.667. The average Bonchev–Trinajstić information content (AvgIpc) is 2.36. The summed E-state index contributed by atoms with van der Waals surface area (Å²) in [5.74, 6) is 0.746. The van der Waals surface area contributed by atoms with Crippen molar-refractivity contribution in [2.24, 2.45) is 0 Å². The minimum absolute atomic E-state index is 0.352. The van der Waals surface area contributed by atoms with Crippen molar-refractivity contribution in [3.05, 3.63) is 5.82 Å². The maximum absolute atomic E-state index is 11.9. The largest absolute Gasteiger partial charge is 0.347 e. The van der Waals surface area contributed by atoms with Crippen LogP contribution in [0.5, 0.6) is 0 Å². The van der Waals surface area contributed by atoms with E-state index in [9.17, 15) is 4.39 Å². The summed E-state index contributed by atoms with van der Waals surface area (Å²) in [6, 6.07) is 0. The third-order valence-corrected chi connectivity index (χ3v) is 2.19. The van der Waals surface area contributed by atoms with Crippen LogP contribution in [0.15, 0.2) is 0 Å². The van der Waals surface area contributed by atoms with Crippen molar-refractivity contribution in [2.45, 2.75) is 6.92 Å². The van der Waals surface area contributed by atoms with Crippen LogP contribution in [0, 0.1) is 6.92 Å². The van der Waals surface area contributed by atoms with Crippen molar-refractivity contribution < 1.29 is 4.39 Å². The van der Waals surface area contributed by atoms with Crippen molar-refractivity contribution >= 4 is 16.7 Å². The van der Waals surface area contributed by atoms with E-state index in [0.717, 1.165) is 11.0 Å². The second kappa shape index (κ2) is 3.61. The average molecular weight is 175 g/mol. The van der Waals surface area contributed by atoms with E-state index >= 15 is 0 Å². The van der Waals surface area contributed by atoms with Crippen molar-refractivity contribution in [2.75, 3.05) is 25.2 Å². The van der Waals surface area contributed by atoms with Crippen molar-refractivity contribution in [3.8, 4) is 0 Å². The lowest BCUT2D eigenvalue weighted by atomic mass is 10.6. The second-order valence-electron chi connectivity index (χ2n) is 2.23. The number of aromatic nitrogens is 2. The van der Waals surface area contributed by atoms with Gasteiger partial charge in [0.2, 0.25) is 5.13 Å². The molecule has 3 nitrogen and oxygen atoms in total. The van der Waals surface area contributed by atoms with E-state index in [-0.39, 0.29) is 6.67 Å². The molecule has 0 amide bonds. The Bertz CT molecular complexity index is 225. The summed E-state index contributed by atoms with van der Waals surface area (Å²) in [5, 5.41) is 0.778. The van der Waals surface area contributed by atoms with Crippen LogP contribution in [-0.4, -0.2) is 29.6 Å². The summed E-state index contributed by atoms with van der Waals surface area (Å²) in [6.45, 7) is 1.85. The Balaban J connectivity index is 2.60. The SMILES string of the molecule is Cc1nsc(N(C)CCF)n1. The highest BCUT2D eigenvalue weighted by atomic mass is 32.1. The van der Waals surface area contributed by atoms with Gasteiger partial charge in [-0.15, -0.1) is 0 Å². The van der Waals surface area contributed by atoms with Crippen LogP contribution in [0.1, 0.15) is 5.82 Å². The highest BCUT2D eigenvalue weighted by Crippen LogP contribution is 2.14. The van der Waals surface area contributed by atoms with E-state index in [2.05, 4.69) is 9.36 Å². The Morgan fingerprint density at radius 1 is 1.64 bits per heavy atom. The molecule has 1 heterocycles. The van der Waals surface area contributed by atoms with Gasteiger partial charge in [0, 0.05) is 25.1 Å². The second-order valence-corrected chi connectivity index (χ2v) is 2.96. The zero-order valence-corrected chi connectivity index (χ0v) is 7.36. The maximum Gasteiger partial charge on any atom is 0.205 e. The van der Waals surface area contributed by atoms with Crippen LogP contribution >= 0.6 is 11.5 Å².